The Morgan fingerprint density at radius 2 is 1.26 bits per heavy atom. The minimum Gasteiger partial charge on any atom is -0.508 e. The van der Waals surface area contributed by atoms with Gasteiger partial charge in [0.05, 0.1) is 6.92 Å². The Labute approximate surface area is 115 Å². The average Bonchev–Trinajstić information content (AvgIpc) is 2.38. The van der Waals surface area contributed by atoms with Gasteiger partial charge in [-0.3, -0.25) is 0 Å². The predicted molar refractivity (Wildman–Crippen MR) is 81.1 cm³/mol. The Morgan fingerprint density at radius 3 is 1.68 bits per heavy atom. The molecule has 0 aliphatic heterocycles. The zero-order valence-corrected chi connectivity index (χ0v) is 11.9. The fourth-order valence-electron chi connectivity index (χ4n) is 2.06. The molecule has 1 nitrogen and oxygen atoms in total. The molecule has 19 heavy (non-hydrogen) atoms. The van der Waals surface area contributed by atoms with Gasteiger partial charge in [0.15, 0.2) is 0 Å². The monoisotopic (exact) mass is 253 g/mol. The van der Waals surface area contributed by atoms with Crippen LogP contribution in [0.5, 0.6) is 5.75 Å². The molecule has 0 fully saturated rings. The number of aromatic hydroxyl groups is 1. The first-order chi connectivity index (χ1) is 8.88. The zero-order chi connectivity index (χ0) is 14.0. The van der Waals surface area contributed by atoms with E-state index in [9.17, 15) is 5.11 Å². The van der Waals surface area contributed by atoms with Crippen LogP contribution < -0.4 is 0 Å². The minimum absolute atomic E-state index is 0.167. The maximum Gasteiger partial charge on any atom is 0.125 e. The van der Waals surface area contributed by atoms with E-state index in [1.807, 2.05) is 12.1 Å². The van der Waals surface area contributed by atoms with E-state index in [1.54, 1.807) is 12.1 Å². The number of rotatable bonds is 2. The Balaban J connectivity index is 2.26. The molecule has 0 aliphatic rings. The maximum absolute atomic E-state index is 9.30. The van der Waals surface area contributed by atoms with Crippen molar-refractivity contribution in [2.24, 2.45) is 5.41 Å². The fraction of sp³-hybridized carbons (Fsp3) is 0.278. The van der Waals surface area contributed by atoms with Gasteiger partial charge in [-0.05, 0) is 28.8 Å². The topological polar surface area (TPSA) is 20.2 Å². The Kier molecular flexibility index (Phi) is 3.57. The van der Waals surface area contributed by atoms with E-state index in [0.717, 1.165) is 11.1 Å². The van der Waals surface area contributed by atoms with Gasteiger partial charge in [0.1, 0.15) is 11.7 Å². The lowest BCUT2D eigenvalue weighted by atomic mass is 9.77. The first-order valence-electron chi connectivity index (χ1n) is 6.60. The lowest BCUT2D eigenvalue weighted by Crippen LogP contribution is -2.15. The molecule has 1 heteroatoms. The molecule has 0 aromatic heterocycles. The third-order valence-corrected chi connectivity index (χ3v) is 3.56. The van der Waals surface area contributed by atoms with E-state index in [1.165, 1.54) is 5.56 Å². The van der Waals surface area contributed by atoms with Gasteiger partial charge >= 0.3 is 0 Å². The summed E-state index contributed by atoms with van der Waals surface area (Å²) in [5.74, 6) is 0.576. The molecule has 1 atom stereocenters. The number of hydrogen-bond acceptors (Lipinski definition) is 1. The number of phenols is 1. The highest BCUT2D eigenvalue weighted by atomic mass is 16.3. The van der Waals surface area contributed by atoms with Crippen LogP contribution >= 0.6 is 0 Å². The highest BCUT2D eigenvalue weighted by Gasteiger charge is 2.27. The highest BCUT2D eigenvalue weighted by Crippen LogP contribution is 2.34. The first-order valence-corrected chi connectivity index (χ1v) is 6.60. The molecule has 0 bridgehead atoms. The molecule has 0 aliphatic carbocycles. The Hall–Kier alpha value is -1.89. The van der Waals surface area contributed by atoms with E-state index in [4.69, 9.17) is 0 Å². The van der Waals surface area contributed by atoms with Crippen molar-refractivity contribution in [3.63, 3.8) is 0 Å². The van der Waals surface area contributed by atoms with E-state index >= 15 is 0 Å². The van der Waals surface area contributed by atoms with Gasteiger partial charge in [0, 0.05) is 5.41 Å². The van der Waals surface area contributed by atoms with Crippen molar-refractivity contribution >= 4 is 0 Å². The predicted octanol–water partition coefficient (Wildman–Crippen LogP) is 5.02. The molecule has 1 N–H and O–H groups in total. The van der Waals surface area contributed by atoms with Gasteiger partial charge in [-0.25, -0.2) is 0 Å². The molecule has 0 radical (unpaired) electrons. The summed E-state index contributed by atoms with van der Waals surface area (Å²) >= 11 is 0. The molecule has 1 unspecified atom stereocenters. The molecule has 2 rings (SSSR count). The quantitative estimate of drug-likeness (QED) is 0.745. The summed E-state index contributed by atoms with van der Waals surface area (Å²) < 4.78 is 0. The normalized spacial score (nSPS) is 13.2. The van der Waals surface area contributed by atoms with Gasteiger partial charge in [-0.1, -0.05) is 57.2 Å². The Bertz CT molecular complexity index is 529. The second-order valence-electron chi connectivity index (χ2n) is 6.09. The summed E-state index contributed by atoms with van der Waals surface area (Å²) in [4.78, 5) is 0. The average molecular weight is 253 g/mol. The van der Waals surface area contributed by atoms with Crippen LogP contribution in [0.15, 0.2) is 48.5 Å². The van der Waals surface area contributed by atoms with Crippen molar-refractivity contribution in [2.45, 2.75) is 26.7 Å². The zero-order valence-electron chi connectivity index (χ0n) is 11.9. The molecule has 0 spiro atoms. The van der Waals surface area contributed by atoms with Crippen LogP contribution in [0, 0.1) is 12.3 Å². The third kappa shape index (κ3) is 3.11. The summed E-state index contributed by atoms with van der Waals surface area (Å²) in [5.41, 5.74) is 3.70. The minimum atomic E-state index is 0.167. The molecule has 98 valence electrons. The van der Waals surface area contributed by atoms with Gasteiger partial charge in [0.2, 0.25) is 0 Å². The molecule has 0 amide bonds. The van der Waals surface area contributed by atoms with Crippen molar-refractivity contribution in [2.75, 3.05) is 0 Å². The number of benzene rings is 2. The van der Waals surface area contributed by atoms with Crippen LogP contribution in [0.2, 0.25) is 0 Å². The molecule has 0 heterocycles. The summed E-state index contributed by atoms with van der Waals surface area (Å²) in [6.45, 7) is 10.9. The van der Waals surface area contributed by atoms with Crippen LogP contribution in [0.4, 0.5) is 0 Å². The number of hydrogen-bond donors (Lipinski definition) is 1. The largest absolute Gasteiger partial charge is 0.508 e. The van der Waals surface area contributed by atoms with E-state index < -0.39 is 0 Å². The van der Waals surface area contributed by atoms with Crippen LogP contribution in [0.3, 0.4) is 0 Å². The van der Waals surface area contributed by atoms with Crippen molar-refractivity contribution in [3.8, 4) is 16.9 Å². The van der Waals surface area contributed by atoms with E-state index in [0.29, 0.717) is 5.75 Å². The molecule has 2 aromatic carbocycles. The molecule has 0 saturated heterocycles. The second kappa shape index (κ2) is 5.00. The van der Waals surface area contributed by atoms with Crippen molar-refractivity contribution in [1.82, 2.24) is 0 Å². The molecule has 0 saturated carbocycles. The molecular formula is C18H21O+. The summed E-state index contributed by atoms with van der Waals surface area (Å²) in [6.07, 6.45) is 0. The molecule has 2 aromatic rings. The lowest BCUT2D eigenvalue weighted by molar-refractivity contribution is 0.364. The van der Waals surface area contributed by atoms with Crippen LogP contribution in [0.1, 0.15) is 32.3 Å². The van der Waals surface area contributed by atoms with Crippen molar-refractivity contribution < 1.29 is 5.11 Å². The first kappa shape index (κ1) is 13.5. The Morgan fingerprint density at radius 1 is 0.842 bits per heavy atom. The van der Waals surface area contributed by atoms with Crippen LogP contribution in [0.25, 0.3) is 11.1 Å². The summed E-state index contributed by atoms with van der Waals surface area (Å²) in [6, 6.07) is 15.8. The van der Waals surface area contributed by atoms with Crippen LogP contribution in [-0.2, 0) is 0 Å². The summed E-state index contributed by atoms with van der Waals surface area (Å²) in [5, 5.41) is 9.30. The highest BCUT2D eigenvalue weighted by molar-refractivity contribution is 5.64. The smallest absolute Gasteiger partial charge is 0.125 e. The fourth-order valence-corrected chi connectivity index (χ4v) is 2.06. The van der Waals surface area contributed by atoms with Gasteiger partial charge in [-0.15, -0.1) is 0 Å². The van der Waals surface area contributed by atoms with Crippen molar-refractivity contribution in [1.29, 1.82) is 0 Å². The standard InChI is InChI=1S/C18H20O/c1-13(18(2,3)4)14-5-7-15(8-6-14)16-9-11-17(19)12-10-16/h5-13H,1H2,2-4H3/p+1. The van der Waals surface area contributed by atoms with Gasteiger partial charge in [-0.2, -0.15) is 0 Å². The number of phenolic OH excluding ortho intramolecular Hbond substituents is 1. The van der Waals surface area contributed by atoms with Crippen LogP contribution in [-0.4, -0.2) is 5.11 Å². The van der Waals surface area contributed by atoms with Gasteiger partial charge < -0.3 is 5.11 Å². The molecular weight excluding hydrogens is 232 g/mol. The lowest BCUT2D eigenvalue weighted by Gasteiger charge is -2.22. The third-order valence-electron chi connectivity index (χ3n) is 3.56. The second-order valence-corrected chi connectivity index (χ2v) is 6.09. The van der Waals surface area contributed by atoms with Gasteiger partial charge in [0.25, 0.3) is 0 Å². The summed E-state index contributed by atoms with van der Waals surface area (Å²) in [7, 11) is 0. The van der Waals surface area contributed by atoms with Crippen molar-refractivity contribution in [3.05, 3.63) is 61.0 Å². The SMILES string of the molecule is [CH2+]C(c1ccc(-c2ccc(O)cc2)cc1)C(C)(C)C. The van der Waals surface area contributed by atoms with E-state index in [-0.39, 0.29) is 11.3 Å². The van der Waals surface area contributed by atoms with E-state index in [2.05, 4.69) is 52.0 Å². The maximum atomic E-state index is 9.30.